The summed E-state index contributed by atoms with van der Waals surface area (Å²) in [6.45, 7) is 4.91. The predicted molar refractivity (Wildman–Crippen MR) is 104 cm³/mol. The van der Waals surface area contributed by atoms with Crippen LogP contribution in [0.15, 0.2) is 52.9 Å². The number of aromatic nitrogens is 2. The van der Waals surface area contributed by atoms with Crippen LogP contribution in [0.5, 0.6) is 0 Å². The number of pyridine rings is 2. The number of carbonyl (C=O) groups excluding carboxylic acids is 1. The molecule has 0 aromatic carbocycles. The highest BCUT2D eigenvalue weighted by Gasteiger charge is 2.19. The molecule has 0 radical (unpaired) electrons. The summed E-state index contributed by atoms with van der Waals surface area (Å²) >= 11 is 1.67. The van der Waals surface area contributed by atoms with E-state index in [-0.39, 0.29) is 16.9 Å². The normalized spacial score (nSPS) is 10.7. The van der Waals surface area contributed by atoms with Crippen molar-refractivity contribution in [3.05, 3.63) is 85.7 Å². The number of nitrogens with one attached hydrogen (secondary N) is 1. The van der Waals surface area contributed by atoms with Crippen LogP contribution in [0.2, 0.25) is 0 Å². The minimum Gasteiger partial charge on any atom is -0.348 e. The number of aryl methyl sites for hydroxylation is 1. The molecular weight excluding hydrogens is 346 g/mol. The monoisotopic (exact) mass is 367 g/mol. The zero-order chi connectivity index (χ0) is 18.5. The fourth-order valence-corrected chi connectivity index (χ4v) is 3.68. The van der Waals surface area contributed by atoms with Crippen LogP contribution in [-0.4, -0.2) is 15.5 Å². The molecule has 0 spiro atoms. The first kappa shape index (κ1) is 18.1. The lowest BCUT2D eigenvalue weighted by Crippen LogP contribution is -2.32. The van der Waals surface area contributed by atoms with Crippen molar-refractivity contribution < 1.29 is 4.79 Å². The summed E-state index contributed by atoms with van der Waals surface area (Å²) in [6.07, 6.45) is 3.97. The highest BCUT2D eigenvalue weighted by atomic mass is 32.1. The van der Waals surface area contributed by atoms with Crippen LogP contribution in [-0.2, 0) is 19.5 Å². The second-order valence-electron chi connectivity index (χ2n) is 6.03. The zero-order valence-corrected chi connectivity index (χ0v) is 15.7. The Labute approximate surface area is 156 Å². The van der Waals surface area contributed by atoms with E-state index in [1.54, 1.807) is 29.8 Å². The van der Waals surface area contributed by atoms with E-state index in [4.69, 9.17) is 0 Å². The van der Waals surface area contributed by atoms with Gasteiger partial charge in [0.15, 0.2) is 5.43 Å². The van der Waals surface area contributed by atoms with Crippen LogP contribution in [0.1, 0.15) is 39.1 Å². The van der Waals surface area contributed by atoms with Crippen LogP contribution in [0.25, 0.3) is 0 Å². The standard InChI is InChI=1S/C20H21N3O2S/c1-3-17-19(20(25)22-12-15-6-8-21-9-7-15)18(24)11-14(2)23(17)13-16-5-4-10-26-16/h4-11H,3,12-13H2,1-2H3,(H,22,25). The minimum atomic E-state index is -0.330. The number of hydrogen-bond donors (Lipinski definition) is 1. The van der Waals surface area contributed by atoms with Gasteiger partial charge in [-0.25, -0.2) is 0 Å². The van der Waals surface area contributed by atoms with E-state index in [2.05, 4.69) is 20.9 Å². The highest BCUT2D eigenvalue weighted by molar-refractivity contribution is 7.09. The van der Waals surface area contributed by atoms with Gasteiger partial charge >= 0.3 is 0 Å². The molecule has 0 aliphatic rings. The number of rotatable bonds is 6. The van der Waals surface area contributed by atoms with E-state index in [0.717, 1.165) is 17.0 Å². The zero-order valence-electron chi connectivity index (χ0n) is 14.9. The molecule has 0 saturated carbocycles. The van der Waals surface area contributed by atoms with E-state index in [0.29, 0.717) is 19.5 Å². The Morgan fingerprint density at radius 1 is 1.27 bits per heavy atom. The molecule has 1 amide bonds. The molecule has 0 aliphatic heterocycles. The van der Waals surface area contributed by atoms with Crippen molar-refractivity contribution in [2.24, 2.45) is 0 Å². The van der Waals surface area contributed by atoms with Gasteiger partial charge in [-0.15, -0.1) is 11.3 Å². The molecule has 3 rings (SSSR count). The molecule has 5 nitrogen and oxygen atoms in total. The smallest absolute Gasteiger partial charge is 0.257 e. The molecule has 0 saturated heterocycles. The predicted octanol–water partition coefficient (Wildman–Crippen LogP) is 3.15. The van der Waals surface area contributed by atoms with Crippen molar-refractivity contribution >= 4 is 17.2 Å². The lowest BCUT2D eigenvalue weighted by molar-refractivity contribution is 0.0948. The first-order valence-corrected chi connectivity index (χ1v) is 9.41. The second-order valence-corrected chi connectivity index (χ2v) is 7.06. The average Bonchev–Trinajstić information content (AvgIpc) is 3.15. The van der Waals surface area contributed by atoms with E-state index in [1.165, 1.54) is 4.88 Å². The fraction of sp³-hybridized carbons (Fsp3) is 0.250. The van der Waals surface area contributed by atoms with Crippen molar-refractivity contribution in [2.45, 2.75) is 33.4 Å². The Morgan fingerprint density at radius 2 is 2.04 bits per heavy atom. The Bertz CT molecular complexity index is 947. The highest BCUT2D eigenvalue weighted by Crippen LogP contribution is 2.16. The average molecular weight is 367 g/mol. The quantitative estimate of drug-likeness (QED) is 0.728. The molecule has 0 bridgehead atoms. The molecule has 134 valence electrons. The van der Waals surface area contributed by atoms with Gasteiger partial charge in [-0.3, -0.25) is 14.6 Å². The molecule has 3 aromatic rings. The van der Waals surface area contributed by atoms with E-state index < -0.39 is 0 Å². The number of hydrogen-bond acceptors (Lipinski definition) is 4. The molecule has 26 heavy (non-hydrogen) atoms. The lowest BCUT2D eigenvalue weighted by Gasteiger charge is -2.18. The third-order valence-electron chi connectivity index (χ3n) is 4.28. The Kier molecular flexibility index (Phi) is 5.63. The van der Waals surface area contributed by atoms with E-state index in [1.807, 2.05) is 37.4 Å². The lowest BCUT2D eigenvalue weighted by atomic mass is 10.1. The third-order valence-corrected chi connectivity index (χ3v) is 5.15. The van der Waals surface area contributed by atoms with Gasteiger partial charge in [-0.1, -0.05) is 13.0 Å². The number of amides is 1. The maximum Gasteiger partial charge on any atom is 0.257 e. The number of carbonyl (C=O) groups is 1. The van der Waals surface area contributed by atoms with Gasteiger partial charge in [0.25, 0.3) is 5.91 Å². The minimum absolute atomic E-state index is 0.228. The van der Waals surface area contributed by atoms with Crippen molar-refractivity contribution in [2.75, 3.05) is 0 Å². The van der Waals surface area contributed by atoms with Crippen LogP contribution >= 0.6 is 11.3 Å². The first-order valence-electron chi connectivity index (χ1n) is 8.53. The topological polar surface area (TPSA) is 64.0 Å². The third kappa shape index (κ3) is 3.91. The molecule has 0 unspecified atom stereocenters. The molecule has 3 heterocycles. The first-order chi connectivity index (χ1) is 12.6. The molecule has 0 atom stereocenters. The molecule has 0 aliphatic carbocycles. The molecule has 0 fully saturated rings. The summed E-state index contributed by atoms with van der Waals surface area (Å²) in [7, 11) is 0. The van der Waals surface area contributed by atoms with Crippen molar-refractivity contribution in [1.29, 1.82) is 0 Å². The van der Waals surface area contributed by atoms with Gasteiger partial charge in [0.05, 0.1) is 6.54 Å². The largest absolute Gasteiger partial charge is 0.348 e. The van der Waals surface area contributed by atoms with Crippen LogP contribution in [0.4, 0.5) is 0 Å². The Balaban J connectivity index is 1.92. The Morgan fingerprint density at radius 3 is 2.69 bits per heavy atom. The van der Waals surface area contributed by atoms with Crippen LogP contribution < -0.4 is 10.7 Å². The molecule has 3 aromatic heterocycles. The van der Waals surface area contributed by atoms with Crippen molar-refractivity contribution in [3.8, 4) is 0 Å². The fourth-order valence-electron chi connectivity index (χ4n) is 2.99. The SMILES string of the molecule is CCc1c(C(=O)NCc2ccncc2)c(=O)cc(C)n1Cc1cccs1. The van der Waals surface area contributed by atoms with Gasteiger partial charge in [0, 0.05) is 41.3 Å². The molecule has 1 N–H and O–H groups in total. The van der Waals surface area contributed by atoms with E-state index in [9.17, 15) is 9.59 Å². The number of nitrogens with zero attached hydrogens (tertiary/aromatic N) is 2. The maximum absolute atomic E-state index is 12.7. The number of thiophene rings is 1. The van der Waals surface area contributed by atoms with Crippen molar-refractivity contribution in [3.63, 3.8) is 0 Å². The summed E-state index contributed by atoms with van der Waals surface area (Å²) in [6, 6.07) is 9.29. The second kappa shape index (κ2) is 8.10. The summed E-state index contributed by atoms with van der Waals surface area (Å²) in [5, 5.41) is 4.89. The van der Waals surface area contributed by atoms with Gasteiger partial charge < -0.3 is 9.88 Å². The van der Waals surface area contributed by atoms with Crippen molar-refractivity contribution in [1.82, 2.24) is 14.9 Å². The van der Waals surface area contributed by atoms with E-state index >= 15 is 0 Å². The summed E-state index contributed by atoms with van der Waals surface area (Å²) in [5.74, 6) is -0.330. The van der Waals surface area contributed by atoms with Crippen LogP contribution in [0, 0.1) is 6.92 Å². The Hall–Kier alpha value is -2.73. The maximum atomic E-state index is 12.7. The van der Waals surface area contributed by atoms with Gasteiger partial charge in [0.1, 0.15) is 5.56 Å². The van der Waals surface area contributed by atoms with Crippen LogP contribution in [0.3, 0.4) is 0 Å². The molecular formula is C20H21N3O2S. The summed E-state index contributed by atoms with van der Waals surface area (Å²) in [5.41, 5.74) is 2.59. The summed E-state index contributed by atoms with van der Waals surface area (Å²) < 4.78 is 2.06. The van der Waals surface area contributed by atoms with Gasteiger partial charge in [-0.2, -0.15) is 0 Å². The van der Waals surface area contributed by atoms with Gasteiger partial charge in [0.2, 0.25) is 0 Å². The molecule has 6 heteroatoms. The summed E-state index contributed by atoms with van der Waals surface area (Å²) in [4.78, 5) is 30.4. The van der Waals surface area contributed by atoms with Gasteiger partial charge in [-0.05, 0) is 42.5 Å².